The number of carboxylic acids is 1. The van der Waals surface area contributed by atoms with Crippen LogP contribution in [0.5, 0.6) is 0 Å². The minimum absolute atomic E-state index is 0.0106. The Morgan fingerprint density at radius 1 is 1.20 bits per heavy atom. The number of hydrogen-bond donors (Lipinski definition) is 2. The Balaban J connectivity index is 1.53. The van der Waals surface area contributed by atoms with Crippen molar-refractivity contribution < 1.29 is 14.7 Å². The number of benzene rings is 1. The van der Waals surface area contributed by atoms with Gasteiger partial charge in [-0.3, -0.25) is 14.5 Å². The van der Waals surface area contributed by atoms with E-state index in [-0.39, 0.29) is 23.8 Å². The van der Waals surface area contributed by atoms with Crippen molar-refractivity contribution >= 4 is 11.9 Å². The lowest BCUT2D eigenvalue weighted by atomic mass is 9.82. The molecular weight excluding hydrogens is 316 g/mol. The molecule has 1 saturated carbocycles. The van der Waals surface area contributed by atoms with Crippen LogP contribution in [0.1, 0.15) is 18.9 Å². The molecule has 2 aliphatic carbocycles. The largest absolute Gasteiger partial charge is 0.481 e. The second-order valence-corrected chi connectivity index (χ2v) is 7.33. The van der Waals surface area contributed by atoms with Crippen LogP contribution >= 0.6 is 0 Å². The summed E-state index contributed by atoms with van der Waals surface area (Å²) >= 11 is 0. The van der Waals surface area contributed by atoms with Crippen molar-refractivity contribution in [2.45, 2.75) is 25.9 Å². The van der Waals surface area contributed by atoms with E-state index in [1.165, 1.54) is 5.56 Å². The van der Waals surface area contributed by atoms with Crippen molar-refractivity contribution in [1.82, 2.24) is 10.2 Å². The second-order valence-electron chi connectivity index (χ2n) is 7.33. The van der Waals surface area contributed by atoms with E-state index in [4.69, 9.17) is 0 Å². The summed E-state index contributed by atoms with van der Waals surface area (Å²) in [4.78, 5) is 26.3. The van der Waals surface area contributed by atoms with E-state index < -0.39 is 17.8 Å². The normalized spacial score (nSPS) is 28.3. The molecule has 5 unspecified atom stereocenters. The number of amides is 1. The van der Waals surface area contributed by atoms with Crippen LogP contribution in [0.15, 0.2) is 42.5 Å². The van der Waals surface area contributed by atoms with Crippen molar-refractivity contribution in [1.29, 1.82) is 0 Å². The first kappa shape index (κ1) is 17.7. The molecule has 3 rings (SSSR count). The molecule has 1 fully saturated rings. The summed E-state index contributed by atoms with van der Waals surface area (Å²) in [5, 5.41) is 12.4. The van der Waals surface area contributed by atoms with Crippen LogP contribution in [0.25, 0.3) is 0 Å². The summed E-state index contributed by atoms with van der Waals surface area (Å²) in [5.41, 5.74) is 1.23. The van der Waals surface area contributed by atoms with Gasteiger partial charge in [-0.25, -0.2) is 0 Å². The molecule has 2 aliphatic rings. The van der Waals surface area contributed by atoms with Crippen molar-refractivity contribution in [2.75, 3.05) is 13.6 Å². The Labute approximate surface area is 148 Å². The number of nitrogens with zero attached hydrogens (tertiary/aromatic N) is 1. The lowest BCUT2D eigenvalue weighted by molar-refractivity contribution is -0.147. The molecule has 1 amide bonds. The summed E-state index contributed by atoms with van der Waals surface area (Å²) in [6, 6.07) is 10.4. The van der Waals surface area contributed by atoms with Gasteiger partial charge in [-0.2, -0.15) is 0 Å². The lowest BCUT2D eigenvalue weighted by Gasteiger charge is -2.28. The average Bonchev–Trinajstić information content (AvgIpc) is 3.21. The van der Waals surface area contributed by atoms with E-state index in [1.54, 1.807) is 0 Å². The maximum atomic E-state index is 12.6. The molecule has 1 aromatic carbocycles. The van der Waals surface area contributed by atoms with Gasteiger partial charge >= 0.3 is 5.97 Å². The van der Waals surface area contributed by atoms with E-state index >= 15 is 0 Å². The number of rotatable bonds is 7. The van der Waals surface area contributed by atoms with Gasteiger partial charge in [0.15, 0.2) is 0 Å². The number of nitrogens with one attached hydrogen (secondary N) is 1. The highest BCUT2D eigenvalue weighted by atomic mass is 16.4. The highest BCUT2D eigenvalue weighted by Gasteiger charge is 2.51. The zero-order chi connectivity index (χ0) is 18.0. The molecule has 5 heteroatoms. The Morgan fingerprint density at radius 3 is 2.48 bits per heavy atom. The van der Waals surface area contributed by atoms with Crippen molar-refractivity contribution in [3.63, 3.8) is 0 Å². The number of carboxylic acid groups (broad SMARTS) is 1. The number of fused-ring (bicyclic) bond motifs is 2. The van der Waals surface area contributed by atoms with Gasteiger partial charge in [-0.05, 0) is 37.8 Å². The van der Waals surface area contributed by atoms with Crippen molar-refractivity contribution in [3.05, 3.63) is 48.0 Å². The van der Waals surface area contributed by atoms with E-state index in [0.29, 0.717) is 6.54 Å². The summed E-state index contributed by atoms with van der Waals surface area (Å²) in [6.45, 7) is 3.40. The average molecular weight is 342 g/mol. The van der Waals surface area contributed by atoms with Gasteiger partial charge < -0.3 is 10.4 Å². The van der Waals surface area contributed by atoms with Gasteiger partial charge in [0.05, 0.1) is 11.8 Å². The number of carbonyl (C=O) groups is 2. The molecule has 5 atom stereocenters. The highest BCUT2D eigenvalue weighted by Crippen LogP contribution is 2.48. The zero-order valence-corrected chi connectivity index (χ0v) is 14.8. The van der Waals surface area contributed by atoms with Crippen LogP contribution in [-0.4, -0.2) is 41.5 Å². The van der Waals surface area contributed by atoms with Crippen LogP contribution in [0, 0.1) is 23.7 Å². The Morgan fingerprint density at radius 2 is 1.84 bits per heavy atom. The highest BCUT2D eigenvalue weighted by molar-refractivity contribution is 5.86. The summed E-state index contributed by atoms with van der Waals surface area (Å²) in [5.74, 6) is -1.90. The predicted octanol–water partition coefficient (Wildman–Crippen LogP) is 2.15. The molecule has 0 radical (unpaired) electrons. The first-order valence-corrected chi connectivity index (χ1v) is 8.90. The third-order valence-corrected chi connectivity index (χ3v) is 5.65. The minimum atomic E-state index is -0.855. The maximum Gasteiger partial charge on any atom is 0.307 e. The summed E-state index contributed by atoms with van der Waals surface area (Å²) < 4.78 is 0. The zero-order valence-electron chi connectivity index (χ0n) is 14.8. The number of hydrogen-bond acceptors (Lipinski definition) is 3. The van der Waals surface area contributed by atoms with Crippen molar-refractivity contribution in [3.8, 4) is 0 Å². The Kier molecular flexibility index (Phi) is 5.23. The molecule has 1 aromatic rings. The lowest BCUT2D eigenvalue weighted by Crippen LogP contribution is -2.45. The van der Waals surface area contributed by atoms with Gasteiger partial charge in [0.2, 0.25) is 5.91 Å². The number of allylic oxidation sites excluding steroid dienone is 2. The molecule has 5 nitrogen and oxygen atoms in total. The van der Waals surface area contributed by atoms with Crippen LogP contribution in [0.2, 0.25) is 0 Å². The minimum Gasteiger partial charge on any atom is -0.481 e. The topological polar surface area (TPSA) is 69.6 Å². The van der Waals surface area contributed by atoms with E-state index in [9.17, 15) is 14.7 Å². The SMILES string of the molecule is CC(CNC(=O)C1C2C=CC(C2)C1C(=O)O)N(C)Cc1ccccc1. The molecule has 2 bridgehead atoms. The van der Waals surface area contributed by atoms with Gasteiger partial charge in [0.25, 0.3) is 0 Å². The van der Waals surface area contributed by atoms with Crippen molar-refractivity contribution in [2.24, 2.45) is 23.7 Å². The standard InChI is InChI=1S/C20H26N2O3/c1-13(22(2)12-14-6-4-3-5-7-14)11-21-19(23)17-15-8-9-16(10-15)18(17)20(24)25/h3-9,13,15-18H,10-12H2,1-2H3,(H,21,23)(H,24,25). The van der Waals surface area contributed by atoms with Crippen LogP contribution < -0.4 is 5.32 Å². The summed E-state index contributed by atoms with van der Waals surface area (Å²) in [7, 11) is 2.03. The van der Waals surface area contributed by atoms with E-state index in [2.05, 4.69) is 29.3 Å². The van der Waals surface area contributed by atoms with Crippen LogP contribution in [0.4, 0.5) is 0 Å². The third kappa shape index (κ3) is 3.76. The fraction of sp³-hybridized carbons (Fsp3) is 0.500. The monoisotopic (exact) mass is 342 g/mol. The number of likely N-dealkylation sites (N-methyl/N-ethyl adjacent to an activating group) is 1. The van der Waals surface area contributed by atoms with E-state index in [0.717, 1.165) is 13.0 Å². The van der Waals surface area contributed by atoms with Crippen LogP contribution in [-0.2, 0) is 16.1 Å². The first-order chi connectivity index (χ1) is 12.0. The third-order valence-electron chi connectivity index (χ3n) is 5.65. The van der Waals surface area contributed by atoms with E-state index in [1.807, 2.05) is 37.4 Å². The molecule has 134 valence electrons. The summed E-state index contributed by atoms with van der Waals surface area (Å²) in [6.07, 6.45) is 4.77. The second kappa shape index (κ2) is 7.40. The van der Waals surface area contributed by atoms with Gasteiger partial charge in [0, 0.05) is 19.1 Å². The van der Waals surface area contributed by atoms with Gasteiger partial charge in [-0.15, -0.1) is 0 Å². The molecular formula is C20H26N2O3. The van der Waals surface area contributed by atoms with Gasteiger partial charge in [0.1, 0.15) is 0 Å². The smallest absolute Gasteiger partial charge is 0.307 e. The van der Waals surface area contributed by atoms with Crippen LogP contribution in [0.3, 0.4) is 0 Å². The predicted molar refractivity (Wildman–Crippen MR) is 95.7 cm³/mol. The fourth-order valence-corrected chi connectivity index (χ4v) is 4.07. The fourth-order valence-electron chi connectivity index (χ4n) is 4.07. The molecule has 0 aliphatic heterocycles. The maximum absolute atomic E-state index is 12.6. The molecule has 0 spiro atoms. The number of carbonyl (C=O) groups excluding carboxylic acids is 1. The molecule has 25 heavy (non-hydrogen) atoms. The Bertz CT molecular complexity index is 658. The molecule has 2 N–H and O–H groups in total. The number of aliphatic carboxylic acids is 1. The molecule has 0 heterocycles. The first-order valence-electron chi connectivity index (χ1n) is 8.90. The molecule has 0 saturated heterocycles. The quantitative estimate of drug-likeness (QED) is 0.745. The molecule has 0 aromatic heterocycles. The Hall–Kier alpha value is -2.14. The van der Waals surface area contributed by atoms with Gasteiger partial charge in [-0.1, -0.05) is 42.5 Å².